The van der Waals surface area contributed by atoms with Gasteiger partial charge in [-0.25, -0.2) is 4.98 Å². The largest absolute Gasteiger partial charge is 0.399 e. The molecule has 5 heteroatoms. The standard InChI is InChI=1S/C15H12ClN3S/c16-15-19-13(9-1-5-11(17)6-2-9)14(20-15)10-3-7-12(18)8-4-10/h1-8H,17-18H2. The fourth-order valence-electron chi connectivity index (χ4n) is 1.96. The van der Waals surface area contributed by atoms with Crippen LogP contribution in [0.3, 0.4) is 0 Å². The second-order valence-corrected chi connectivity index (χ2v) is 5.97. The van der Waals surface area contributed by atoms with Crippen molar-refractivity contribution in [3.63, 3.8) is 0 Å². The van der Waals surface area contributed by atoms with Crippen LogP contribution in [0.25, 0.3) is 21.7 Å². The van der Waals surface area contributed by atoms with Gasteiger partial charge in [-0.05, 0) is 29.8 Å². The molecule has 3 rings (SSSR count). The Labute approximate surface area is 125 Å². The number of benzene rings is 2. The van der Waals surface area contributed by atoms with Crippen LogP contribution in [0.1, 0.15) is 0 Å². The van der Waals surface area contributed by atoms with Gasteiger partial charge in [0.2, 0.25) is 0 Å². The number of hydrogen-bond acceptors (Lipinski definition) is 4. The van der Waals surface area contributed by atoms with Crippen molar-refractivity contribution in [1.29, 1.82) is 0 Å². The monoisotopic (exact) mass is 301 g/mol. The van der Waals surface area contributed by atoms with E-state index >= 15 is 0 Å². The number of nitrogens with zero attached hydrogens (tertiary/aromatic N) is 1. The number of nitrogens with two attached hydrogens (primary N) is 2. The molecule has 1 aromatic heterocycles. The Morgan fingerprint density at radius 2 is 1.30 bits per heavy atom. The summed E-state index contributed by atoms with van der Waals surface area (Å²) in [6.07, 6.45) is 0. The molecule has 0 saturated heterocycles. The quantitative estimate of drug-likeness (QED) is 0.694. The van der Waals surface area contributed by atoms with E-state index in [-0.39, 0.29) is 0 Å². The zero-order valence-corrected chi connectivity index (χ0v) is 12.1. The van der Waals surface area contributed by atoms with Crippen molar-refractivity contribution in [3.05, 3.63) is 53.0 Å². The summed E-state index contributed by atoms with van der Waals surface area (Å²) in [5, 5.41) is 0. The highest BCUT2D eigenvalue weighted by atomic mass is 35.5. The highest BCUT2D eigenvalue weighted by Gasteiger charge is 2.13. The lowest BCUT2D eigenvalue weighted by Crippen LogP contribution is -1.86. The molecule has 0 aliphatic carbocycles. The SMILES string of the molecule is Nc1ccc(-c2nc(Cl)sc2-c2ccc(N)cc2)cc1. The van der Waals surface area contributed by atoms with E-state index in [0.29, 0.717) is 4.47 Å². The van der Waals surface area contributed by atoms with Crippen LogP contribution in [-0.4, -0.2) is 4.98 Å². The van der Waals surface area contributed by atoms with Crippen molar-refractivity contribution in [2.45, 2.75) is 0 Å². The van der Waals surface area contributed by atoms with E-state index in [1.807, 2.05) is 48.5 Å². The Morgan fingerprint density at radius 1 is 0.800 bits per heavy atom. The predicted octanol–water partition coefficient (Wildman–Crippen LogP) is 4.29. The average Bonchev–Trinajstić information content (AvgIpc) is 2.82. The van der Waals surface area contributed by atoms with Crippen molar-refractivity contribution in [3.8, 4) is 21.7 Å². The summed E-state index contributed by atoms with van der Waals surface area (Å²) in [5.74, 6) is 0. The zero-order valence-electron chi connectivity index (χ0n) is 10.5. The molecule has 3 nitrogen and oxygen atoms in total. The molecule has 1 heterocycles. The van der Waals surface area contributed by atoms with Gasteiger partial charge >= 0.3 is 0 Å². The number of rotatable bonds is 2. The molecule has 0 atom stereocenters. The maximum atomic E-state index is 6.09. The molecule has 0 unspecified atom stereocenters. The zero-order chi connectivity index (χ0) is 14.1. The second-order valence-electron chi connectivity index (χ2n) is 4.39. The van der Waals surface area contributed by atoms with Crippen LogP contribution >= 0.6 is 22.9 Å². The minimum atomic E-state index is 0.517. The van der Waals surface area contributed by atoms with Crippen LogP contribution in [0, 0.1) is 0 Å². The van der Waals surface area contributed by atoms with Gasteiger partial charge in [0.25, 0.3) is 0 Å². The van der Waals surface area contributed by atoms with Crippen LogP contribution in [0.2, 0.25) is 4.47 Å². The average molecular weight is 302 g/mol. The third-order valence-electron chi connectivity index (χ3n) is 2.96. The third kappa shape index (κ3) is 2.48. The molecular formula is C15H12ClN3S. The molecule has 2 aromatic carbocycles. The molecule has 3 aromatic rings. The van der Waals surface area contributed by atoms with Crippen molar-refractivity contribution < 1.29 is 0 Å². The molecule has 0 amide bonds. The number of anilines is 2. The first-order valence-electron chi connectivity index (χ1n) is 6.01. The fraction of sp³-hybridized carbons (Fsp3) is 0. The second kappa shape index (κ2) is 5.15. The molecule has 100 valence electrons. The Balaban J connectivity index is 2.12. The lowest BCUT2D eigenvalue weighted by molar-refractivity contribution is 1.41. The summed E-state index contributed by atoms with van der Waals surface area (Å²) in [6, 6.07) is 15.3. The number of nitrogen functional groups attached to an aromatic ring is 2. The van der Waals surface area contributed by atoms with E-state index in [1.165, 1.54) is 11.3 Å². The van der Waals surface area contributed by atoms with Crippen LogP contribution in [-0.2, 0) is 0 Å². The molecule has 0 spiro atoms. The Kier molecular flexibility index (Phi) is 3.34. The molecular weight excluding hydrogens is 290 g/mol. The molecule has 0 radical (unpaired) electrons. The van der Waals surface area contributed by atoms with E-state index in [9.17, 15) is 0 Å². The van der Waals surface area contributed by atoms with Crippen LogP contribution in [0.4, 0.5) is 11.4 Å². The topological polar surface area (TPSA) is 64.9 Å². The number of aromatic nitrogens is 1. The fourth-order valence-corrected chi connectivity index (χ4v) is 3.10. The Hall–Kier alpha value is -2.04. The van der Waals surface area contributed by atoms with Gasteiger partial charge in [0.05, 0.1) is 10.6 Å². The van der Waals surface area contributed by atoms with Gasteiger partial charge in [-0.2, -0.15) is 0 Å². The Morgan fingerprint density at radius 3 is 1.85 bits per heavy atom. The summed E-state index contributed by atoms with van der Waals surface area (Å²) in [6.45, 7) is 0. The maximum absolute atomic E-state index is 6.09. The van der Waals surface area contributed by atoms with Crippen LogP contribution < -0.4 is 11.5 Å². The van der Waals surface area contributed by atoms with Gasteiger partial charge in [-0.3, -0.25) is 0 Å². The van der Waals surface area contributed by atoms with Crippen molar-refractivity contribution in [2.75, 3.05) is 11.5 Å². The summed E-state index contributed by atoms with van der Waals surface area (Å²) in [5.41, 5.74) is 15.8. The van der Waals surface area contributed by atoms with Gasteiger partial charge in [-0.15, -0.1) is 11.3 Å². The van der Waals surface area contributed by atoms with Gasteiger partial charge in [0, 0.05) is 16.9 Å². The van der Waals surface area contributed by atoms with E-state index in [2.05, 4.69) is 4.98 Å². The minimum Gasteiger partial charge on any atom is -0.399 e. The highest BCUT2D eigenvalue weighted by Crippen LogP contribution is 2.38. The summed E-state index contributed by atoms with van der Waals surface area (Å²) in [7, 11) is 0. The first-order chi connectivity index (χ1) is 9.63. The van der Waals surface area contributed by atoms with Crippen molar-refractivity contribution >= 4 is 34.3 Å². The number of halogens is 1. The lowest BCUT2D eigenvalue weighted by atomic mass is 10.1. The highest BCUT2D eigenvalue weighted by molar-refractivity contribution is 7.19. The molecule has 0 bridgehead atoms. The van der Waals surface area contributed by atoms with Crippen molar-refractivity contribution in [2.24, 2.45) is 0 Å². The van der Waals surface area contributed by atoms with E-state index in [1.54, 1.807) is 0 Å². The summed E-state index contributed by atoms with van der Waals surface area (Å²) < 4.78 is 0.517. The van der Waals surface area contributed by atoms with Crippen LogP contribution in [0.5, 0.6) is 0 Å². The normalized spacial score (nSPS) is 10.7. The first kappa shape index (κ1) is 13.0. The van der Waals surface area contributed by atoms with E-state index < -0.39 is 0 Å². The summed E-state index contributed by atoms with van der Waals surface area (Å²) >= 11 is 7.54. The number of hydrogen-bond donors (Lipinski definition) is 2. The van der Waals surface area contributed by atoms with E-state index in [4.69, 9.17) is 23.1 Å². The summed E-state index contributed by atoms with van der Waals surface area (Å²) in [4.78, 5) is 5.45. The first-order valence-corrected chi connectivity index (χ1v) is 7.21. The molecule has 20 heavy (non-hydrogen) atoms. The predicted molar refractivity (Wildman–Crippen MR) is 86.8 cm³/mol. The minimum absolute atomic E-state index is 0.517. The van der Waals surface area contributed by atoms with Gasteiger partial charge in [-0.1, -0.05) is 35.9 Å². The maximum Gasteiger partial charge on any atom is 0.184 e. The smallest absolute Gasteiger partial charge is 0.184 e. The van der Waals surface area contributed by atoms with Crippen molar-refractivity contribution in [1.82, 2.24) is 4.98 Å². The third-order valence-corrected chi connectivity index (χ3v) is 4.17. The van der Waals surface area contributed by atoms with E-state index in [0.717, 1.165) is 33.1 Å². The molecule has 0 aliphatic rings. The molecule has 0 aliphatic heterocycles. The lowest BCUT2D eigenvalue weighted by Gasteiger charge is -2.04. The van der Waals surface area contributed by atoms with Gasteiger partial charge < -0.3 is 11.5 Å². The molecule has 0 saturated carbocycles. The Bertz CT molecular complexity index is 670. The molecule has 0 fully saturated rings. The van der Waals surface area contributed by atoms with Gasteiger partial charge in [0.15, 0.2) is 4.47 Å². The van der Waals surface area contributed by atoms with Crippen LogP contribution in [0.15, 0.2) is 48.5 Å². The number of thiazole rings is 1. The molecule has 4 N–H and O–H groups in total. The van der Waals surface area contributed by atoms with Gasteiger partial charge in [0.1, 0.15) is 0 Å².